The number of aliphatic hydroxyl groups is 1. The molecule has 1 N–H and O–H groups in total. The Kier molecular flexibility index (Phi) is 4.01. The number of benzene rings is 1. The highest BCUT2D eigenvalue weighted by Crippen LogP contribution is 2.15. The van der Waals surface area contributed by atoms with Crippen LogP contribution in [0.4, 0.5) is 0 Å². The first-order valence-corrected chi connectivity index (χ1v) is 7.17. The van der Waals surface area contributed by atoms with Crippen molar-refractivity contribution in [1.82, 2.24) is 9.55 Å². The van der Waals surface area contributed by atoms with Crippen LogP contribution in [0.15, 0.2) is 41.5 Å². The molecule has 1 aromatic carbocycles. The molecule has 1 heterocycles. The second kappa shape index (κ2) is 6.10. The van der Waals surface area contributed by atoms with Gasteiger partial charge in [0.05, 0.1) is 18.6 Å². The molecular formula is C16H18N2O3. The van der Waals surface area contributed by atoms with Gasteiger partial charge in [-0.1, -0.05) is 18.2 Å². The van der Waals surface area contributed by atoms with Crippen molar-refractivity contribution in [3.8, 4) is 5.75 Å². The van der Waals surface area contributed by atoms with Gasteiger partial charge in [-0.05, 0) is 31.4 Å². The van der Waals surface area contributed by atoms with Crippen LogP contribution in [-0.4, -0.2) is 27.4 Å². The highest BCUT2D eigenvalue weighted by atomic mass is 16.5. The topological polar surface area (TPSA) is 64.4 Å². The Hall–Kier alpha value is -2.14. The summed E-state index contributed by atoms with van der Waals surface area (Å²) in [5.41, 5.74) is 1.68. The summed E-state index contributed by atoms with van der Waals surface area (Å²) in [6.45, 7) is 0.347. The van der Waals surface area contributed by atoms with E-state index in [0.717, 1.165) is 30.5 Å². The number of fused-ring (bicyclic) bond motifs is 1. The number of ether oxygens (including phenoxy) is 1. The number of hydrogen-bond donors (Lipinski definition) is 1. The molecule has 2 aromatic rings. The van der Waals surface area contributed by atoms with Crippen molar-refractivity contribution in [1.29, 1.82) is 0 Å². The van der Waals surface area contributed by atoms with Gasteiger partial charge in [0.2, 0.25) is 0 Å². The van der Waals surface area contributed by atoms with Crippen molar-refractivity contribution in [2.45, 2.75) is 31.9 Å². The van der Waals surface area contributed by atoms with Crippen molar-refractivity contribution in [2.75, 3.05) is 6.61 Å². The van der Waals surface area contributed by atoms with E-state index in [1.165, 1.54) is 10.9 Å². The monoisotopic (exact) mass is 286 g/mol. The molecule has 3 rings (SSSR count). The fraction of sp³-hybridized carbons (Fsp3) is 0.375. The third-order valence-electron chi connectivity index (χ3n) is 3.65. The largest absolute Gasteiger partial charge is 0.491 e. The van der Waals surface area contributed by atoms with Gasteiger partial charge in [0.1, 0.15) is 18.5 Å². The standard InChI is InChI=1S/C16H18N2O3/c19-12(10-21-13-5-2-1-3-6-13)9-18-11-17-15-8-4-7-14(15)16(18)20/h1-3,5-6,11-12,19H,4,7-10H2. The quantitative estimate of drug-likeness (QED) is 0.896. The van der Waals surface area contributed by atoms with E-state index in [1.807, 2.05) is 30.3 Å². The average molecular weight is 286 g/mol. The molecule has 1 atom stereocenters. The zero-order chi connectivity index (χ0) is 14.7. The van der Waals surface area contributed by atoms with Crippen LogP contribution in [0, 0.1) is 0 Å². The van der Waals surface area contributed by atoms with Gasteiger partial charge in [-0.3, -0.25) is 9.36 Å². The van der Waals surface area contributed by atoms with E-state index in [2.05, 4.69) is 4.98 Å². The van der Waals surface area contributed by atoms with Gasteiger partial charge >= 0.3 is 0 Å². The second-order valence-electron chi connectivity index (χ2n) is 5.26. The van der Waals surface area contributed by atoms with E-state index in [9.17, 15) is 9.90 Å². The lowest BCUT2D eigenvalue weighted by atomic mass is 10.2. The van der Waals surface area contributed by atoms with Crippen LogP contribution in [0.2, 0.25) is 0 Å². The summed E-state index contributed by atoms with van der Waals surface area (Å²) < 4.78 is 6.96. The Morgan fingerprint density at radius 3 is 2.90 bits per heavy atom. The Morgan fingerprint density at radius 2 is 2.10 bits per heavy atom. The lowest BCUT2D eigenvalue weighted by Crippen LogP contribution is -2.32. The van der Waals surface area contributed by atoms with Gasteiger partial charge in [0.15, 0.2) is 0 Å². The molecule has 1 aliphatic rings. The van der Waals surface area contributed by atoms with E-state index in [0.29, 0.717) is 5.75 Å². The normalized spacial score (nSPS) is 14.7. The average Bonchev–Trinajstić information content (AvgIpc) is 2.98. The first-order chi connectivity index (χ1) is 10.2. The third-order valence-corrected chi connectivity index (χ3v) is 3.65. The molecule has 1 aromatic heterocycles. The van der Waals surface area contributed by atoms with Gasteiger partial charge in [-0.15, -0.1) is 0 Å². The van der Waals surface area contributed by atoms with Crippen LogP contribution in [0.25, 0.3) is 0 Å². The Morgan fingerprint density at radius 1 is 1.29 bits per heavy atom. The number of rotatable bonds is 5. The zero-order valence-corrected chi connectivity index (χ0v) is 11.7. The van der Waals surface area contributed by atoms with Crippen molar-refractivity contribution >= 4 is 0 Å². The molecule has 5 nitrogen and oxygen atoms in total. The van der Waals surface area contributed by atoms with Gasteiger partial charge in [0.25, 0.3) is 5.56 Å². The van der Waals surface area contributed by atoms with Crippen LogP contribution >= 0.6 is 0 Å². The van der Waals surface area contributed by atoms with E-state index in [4.69, 9.17) is 4.74 Å². The molecule has 0 saturated heterocycles. The van der Waals surface area contributed by atoms with Gasteiger partial charge in [0, 0.05) is 5.56 Å². The van der Waals surface area contributed by atoms with E-state index < -0.39 is 6.10 Å². The maximum absolute atomic E-state index is 12.2. The number of hydrogen-bond acceptors (Lipinski definition) is 4. The summed E-state index contributed by atoms with van der Waals surface area (Å²) in [6, 6.07) is 9.30. The molecule has 5 heteroatoms. The highest BCUT2D eigenvalue weighted by Gasteiger charge is 2.18. The molecule has 0 fully saturated rings. The maximum Gasteiger partial charge on any atom is 0.256 e. The zero-order valence-electron chi connectivity index (χ0n) is 11.7. The molecule has 0 bridgehead atoms. The molecule has 21 heavy (non-hydrogen) atoms. The van der Waals surface area contributed by atoms with E-state index in [1.54, 1.807) is 0 Å². The highest BCUT2D eigenvalue weighted by molar-refractivity contribution is 5.22. The summed E-state index contributed by atoms with van der Waals surface area (Å²) in [7, 11) is 0. The second-order valence-corrected chi connectivity index (χ2v) is 5.26. The molecule has 1 unspecified atom stereocenters. The van der Waals surface area contributed by atoms with Crippen molar-refractivity contribution in [2.24, 2.45) is 0 Å². The lowest BCUT2D eigenvalue weighted by Gasteiger charge is -2.14. The van der Waals surface area contributed by atoms with Gasteiger partial charge in [-0.25, -0.2) is 4.98 Å². The van der Waals surface area contributed by atoms with Crippen LogP contribution in [0.3, 0.4) is 0 Å². The Labute approximate surface area is 122 Å². The molecule has 0 aliphatic heterocycles. The van der Waals surface area contributed by atoms with E-state index in [-0.39, 0.29) is 18.7 Å². The minimum atomic E-state index is -0.746. The smallest absolute Gasteiger partial charge is 0.256 e. The molecule has 0 radical (unpaired) electrons. The number of para-hydroxylation sites is 1. The number of nitrogens with zero attached hydrogens (tertiary/aromatic N) is 2. The maximum atomic E-state index is 12.2. The molecule has 0 spiro atoms. The summed E-state index contributed by atoms with van der Waals surface area (Å²) in [6.07, 6.45) is 3.44. The number of aryl methyl sites for hydroxylation is 1. The Bertz CT molecular complexity index is 667. The van der Waals surface area contributed by atoms with Gasteiger partial charge < -0.3 is 9.84 Å². The Balaban J connectivity index is 1.63. The molecule has 110 valence electrons. The fourth-order valence-electron chi connectivity index (χ4n) is 2.58. The summed E-state index contributed by atoms with van der Waals surface area (Å²) in [5.74, 6) is 0.705. The number of aromatic nitrogens is 2. The summed E-state index contributed by atoms with van der Waals surface area (Å²) >= 11 is 0. The van der Waals surface area contributed by atoms with Gasteiger partial charge in [-0.2, -0.15) is 0 Å². The van der Waals surface area contributed by atoms with Crippen LogP contribution in [-0.2, 0) is 19.4 Å². The summed E-state index contributed by atoms with van der Waals surface area (Å²) in [4.78, 5) is 16.5. The first kappa shape index (κ1) is 13.8. The fourth-order valence-corrected chi connectivity index (χ4v) is 2.58. The minimum Gasteiger partial charge on any atom is -0.491 e. The minimum absolute atomic E-state index is 0.0312. The molecular weight excluding hydrogens is 268 g/mol. The predicted octanol–water partition coefficient (Wildman–Crippen LogP) is 1.17. The number of aliphatic hydroxyl groups excluding tert-OH is 1. The van der Waals surface area contributed by atoms with Crippen LogP contribution in [0.5, 0.6) is 5.75 Å². The third kappa shape index (κ3) is 3.13. The SMILES string of the molecule is O=c1c2c(ncn1CC(O)COc1ccccc1)CCC2. The van der Waals surface area contributed by atoms with Crippen LogP contribution < -0.4 is 10.3 Å². The summed E-state index contributed by atoms with van der Waals surface area (Å²) in [5, 5.41) is 10.0. The molecule has 0 saturated carbocycles. The van der Waals surface area contributed by atoms with E-state index >= 15 is 0 Å². The molecule has 0 amide bonds. The van der Waals surface area contributed by atoms with Crippen molar-refractivity contribution in [3.63, 3.8) is 0 Å². The van der Waals surface area contributed by atoms with Crippen LogP contribution in [0.1, 0.15) is 17.7 Å². The predicted molar refractivity (Wildman–Crippen MR) is 78.5 cm³/mol. The lowest BCUT2D eigenvalue weighted by molar-refractivity contribution is 0.0912. The first-order valence-electron chi connectivity index (χ1n) is 7.17. The molecule has 1 aliphatic carbocycles. The van der Waals surface area contributed by atoms with Crippen molar-refractivity contribution < 1.29 is 9.84 Å². The van der Waals surface area contributed by atoms with Crippen molar-refractivity contribution in [3.05, 3.63) is 58.3 Å².